The number of hydrogen-bond acceptors (Lipinski definition) is 6. The minimum Gasteiger partial charge on any atom is -0.453 e. The minimum atomic E-state index is -0.623. The summed E-state index contributed by atoms with van der Waals surface area (Å²) in [5.74, 6) is 0.451. The molecular weight excluding hydrogens is 448 g/mol. The molecule has 2 aromatic heterocycles. The third kappa shape index (κ3) is 3.84. The maximum absolute atomic E-state index is 13.8. The first-order chi connectivity index (χ1) is 16.6. The molecule has 168 valence electrons. The summed E-state index contributed by atoms with van der Waals surface area (Å²) in [5, 5.41) is 3.51. The smallest absolute Gasteiger partial charge is 0.413 e. The number of aryl methyl sites for hydroxylation is 1. The molecule has 0 aliphatic rings. The second-order valence-electron chi connectivity index (χ2n) is 7.56. The lowest BCUT2D eigenvalue weighted by atomic mass is 10.1. The first kappa shape index (κ1) is 21.5. The van der Waals surface area contributed by atoms with Gasteiger partial charge < -0.3 is 4.74 Å². The van der Waals surface area contributed by atoms with Gasteiger partial charge in [-0.15, -0.1) is 0 Å². The van der Waals surface area contributed by atoms with E-state index in [-0.39, 0.29) is 5.56 Å². The largest absolute Gasteiger partial charge is 0.453 e. The van der Waals surface area contributed by atoms with Crippen LogP contribution in [0.3, 0.4) is 0 Å². The van der Waals surface area contributed by atoms with Crippen molar-refractivity contribution in [3.05, 3.63) is 94.8 Å². The number of amides is 1. The van der Waals surface area contributed by atoms with Gasteiger partial charge in [-0.25, -0.2) is 14.8 Å². The number of nitrogens with one attached hydrogen (secondary N) is 1. The quantitative estimate of drug-likeness (QED) is 0.368. The van der Waals surface area contributed by atoms with E-state index in [9.17, 15) is 9.59 Å². The summed E-state index contributed by atoms with van der Waals surface area (Å²) in [6.45, 7) is 1.95. The summed E-state index contributed by atoms with van der Waals surface area (Å²) < 4.78 is 6.37. The van der Waals surface area contributed by atoms with Gasteiger partial charge >= 0.3 is 6.09 Å². The lowest BCUT2D eigenvalue weighted by Gasteiger charge is -2.15. The number of para-hydroxylation sites is 2. The molecule has 0 saturated carbocycles. The molecule has 34 heavy (non-hydrogen) atoms. The Morgan fingerprint density at radius 1 is 0.941 bits per heavy atom. The van der Waals surface area contributed by atoms with Gasteiger partial charge in [0.2, 0.25) is 0 Å². The number of aromatic nitrogens is 3. The van der Waals surface area contributed by atoms with Gasteiger partial charge in [-0.05, 0) is 30.7 Å². The van der Waals surface area contributed by atoms with Crippen LogP contribution in [-0.2, 0) is 4.74 Å². The number of ether oxygens (including phenoxy) is 1. The summed E-state index contributed by atoms with van der Waals surface area (Å²) in [7, 11) is 1.29. The minimum absolute atomic E-state index is 0.176. The number of hydrogen-bond donors (Lipinski definition) is 1. The first-order valence-corrected chi connectivity index (χ1v) is 11.4. The summed E-state index contributed by atoms with van der Waals surface area (Å²) in [5.41, 5.74) is 3.52. The second-order valence-corrected chi connectivity index (χ2v) is 8.56. The molecule has 0 saturated heterocycles. The van der Waals surface area contributed by atoms with Crippen molar-refractivity contribution in [3.8, 4) is 27.6 Å². The van der Waals surface area contributed by atoms with Crippen LogP contribution in [0.25, 0.3) is 38.5 Å². The number of nitrogens with zero attached hydrogens (tertiary/aromatic N) is 3. The van der Waals surface area contributed by atoms with E-state index in [1.54, 1.807) is 10.6 Å². The highest BCUT2D eigenvalue weighted by atomic mass is 32.1. The van der Waals surface area contributed by atoms with E-state index in [4.69, 9.17) is 9.72 Å². The maximum atomic E-state index is 13.8. The molecule has 0 atom stereocenters. The summed E-state index contributed by atoms with van der Waals surface area (Å²) >= 11 is 1.24. The second kappa shape index (κ2) is 8.92. The summed E-state index contributed by atoms with van der Waals surface area (Å²) in [6.07, 6.45) is -0.623. The molecule has 0 aliphatic heterocycles. The van der Waals surface area contributed by atoms with Crippen LogP contribution in [-0.4, -0.2) is 27.7 Å². The van der Waals surface area contributed by atoms with E-state index < -0.39 is 6.09 Å². The van der Waals surface area contributed by atoms with Crippen molar-refractivity contribution in [2.45, 2.75) is 6.92 Å². The Kier molecular flexibility index (Phi) is 5.65. The average Bonchev–Trinajstić information content (AvgIpc) is 3.28. The molecule has 8 heteroatoms. The topological polar surface area (TPSA) is 86.1 Å². The van der Waals surface area contributed by atoms with Gasteiger partial charge in [-0.2, -0.15) is 0 Å². The van der Waals surface area contributed by atoms with Gasteiger partial charge in [0.1, 0.15) is 4.88 Å². The molecule has 0 unspecified atom stereocenters. The molecule has 0 fully saturated rings. The number of benzene rings is 3. The number of thiazole rings is 1. The van der Waals surface area contributed by atoms with Crippen LogP contribution in [0.5, 0.6) is 0 Å². The molecule has 0 spiro atoms. The Labute approximate surface area is 199 Å². The predicted molar refractivity (Wildman–Crippen MR) is 135 cm³/mol. The van der Waals surface area contributed by atoms with Gasteiger partial charge in [0.25, 0.3) is 5.56 Å². The van der Waals surface area contributed by atoms with Crippen molar-refractivity contribution in [2.24, 2.45) is 0 Å². The Morgan fingerprint density at radius 3 is 2.41 bits per heavy atom. The standard InChI is InChI=1S/C26H20N4O3S/c1-16-10-6-9-15-20(16)30-23(27-19-14-8-7-13-18(19)24(30)31)22-21(17-11-4-3-5-12-17)28-25(34-22)29-26(32)33-2/h3-15H,1-2H3,(H,28,29,32). The van der Waals surface area contributed by atoms with Crippen LogP contribution >= 0.6 is 11.3 Å². The zero-order valence-corrected chi connectivity index (χ0v) is 19.3. The number of anilines is 1. The molecule has 5 rings (SSSR count). The van der Waals surface area contributed by atoms with Crippen LogP contribution in [0.15, 0.2) is 83.7 Å². The van der Waals surface area contributed by atoms with E-state index in [1.165, 1.54) is 18.4 Å². The SMILES string of the molecule is COC(=O)Nc1nc(-c2ccccc2)c(-c2nc3ccccc3c(=O)n2-c2ccccc2C)s1. The van der Waals surface area contributed by atoms with E-state index in [2.05, 4.69) is 10.3 Å². The van der Waals surface area contributed by atoms with Crippen LogP contribution in [0.1, 0.15) is 5.56 Å². The van der Waals surface area contributed by atoms with Gasteiger partial charge in [0, 0.05) is 5.56 Å². The van der Waals surface area contributed by atoms with Crippen molar-refractivity contribution < 1.29 is 9.53 Å². The number of fused-ring (bicyclic) bond motifs is 1. The third-order valence-electron chi connectivity index (χ3n) is 5.40. The lowest BCUT2D eigenvalue weighted by Crippen LogP contribution is -2.22. The molecule has 1 amide bonds. The number of carbonyl (C=O) groups is 1. The van der Waals surface area contributed by atoms with Crippen molar-refractivity contribution in [3.63, 3.8) is 0 Å². The predicted octanol–water partition coefficient (Wildman–Crippen LogP) is 5.66. The zero-order chi connectivity index (χ0) is 23.7. The van der Waals surface area contributed by atoms with E-state index in [0.717, 1.165) is 16.8 Å². The third-order valence-corrected chi connectivity index (χ3v) is 6.37. The molecule has 1 N–H and O–H groups in total. The lowest BCUT2D eigenvalue weighted by molar-refractivity contribution is 0.187. The number of rotatable bonds is 4. The molecule has 7 nitrogen and oxygen atoms in total. The van der Waals surface area contributed by atoms with E-state index in [0.29, 0.717) is 32.4 Å². The summed E-state index contributed by atoms with van der Waals surface area (Å²) in [4.78, 5) is 35.9. The van der Waals surface area contributed by atoms with Crippen molar-refractivity contribution >= 4 is 33.5 Å². The number of carbonyl (C=O) groups excluding carboxylic acids is 1. The maximum Gasteiger partial charge on any atom is 0.413 e. The highest BCUT2D eigenvalue weighted by Gasteiger charge is 2.23. The monoisotopic (exact) mass is 468 g/mol. The van der Waals surface area contributed by atoms with Crippen LogP contribution < -0.4 is 10.9 Å². The molecule has 5 aromatic rings. The highest BCUT2D eigenvalue weighted by Crippen LogP contribution is 2.39. The van der Waals surface area contributed by atoms with Gasteiger partial charge in [-0.1, -0.05) is 72.0 Å². The van der Waals surface area contributed by atoms with Crippen molar-refractivity contribution in [1.29, 1.82) is 0 Å². The molecule has 2 heterocycles. The van der Waals surface area contributed by atoms with Gasteiger partial charge in [0.05, 0.1) is 29.4 Å². The molecule has 0 aliphatic carbocycles. The normalized spacial score (nSPS) is 10.9. The fourth-order valence-corrected chi connectivity index (χ4v) is 4.73. The van der Waals surface area contributed by atoms with Crippen molar-refractivity contribution in [1.82, 2.24) is 14.5 Å². The zero-order valence-electron chi connectivity index (χ0n) is 18.5. The molecule has 3 aromatic carbocycles. The van der Waals surface area contributed by atoms with Gasteiger partial charge in [0.15, 0.2) is 11.0 Å². The summed E-state index contributed by atoms with van der Waals surface area (Å²) in [6, 6.07) is 24.5. The van der Waals surface area contributed by atoms with Crippen LogP contribution in [0, 0.1) is 6.92 Å². The molecule has 0 radical (unpaired) electrons. The number of methoxy groups -OCH3 is 1. The Bertz CT molecular complexity index is 1570. The van der Waals surface area contributed by atoms with Crippen molar-refractivity contribution in [2.75, 3.05) is 12.4 Å². The highest BCUT2D eigenvalue weighted by molar-refractivity contribution is 7.19. The molecule has 0 bridgehead atoms. The Hall–Kier alpha value is -4.30. The molecular formula is C26H20N4O3S. The van der Waals surface area contributed by atoms with Crippen LogP contribution in [0.4, 0.5) is 9.93 Å². The van der Waals surface area contributed by atoms with Crippen LogP contribution in [0.2, 0.25) is 0 Å². The first-order valence-electron chi connectivity index (χ1n) is 10.6. The van der Waals surface area contributed by atoms with E-state index in [1.807, 2.05) is 79.7 Å². The van der Waals surface area contributed by atoms with E-state index >= 15 is 0 Å². The Morgan fingerprint density at radius 2 is 1.65 bits per heavy atom. The fourth-order valence-electron chi connectivity index (χ4n) is 3.78. The fraction of sp³-hybridized carbons (Fsp3) is 0.0769. The van der Waals surface area contributed by atoms with Gasteiger partial charge in [-0.3, -0.25) is 14.7 Å². The average molecular weight is 469 g/mol. The Balaban J connectivity index is 1.86.